The zero-order chi connectivity index (χ0) is 11.3. The molecule has 0 bridgehead atoms. The topological polar surface area (TPSA) is 40.5 Å². The number of aliphatic hydroxyl groups is 2. The van der Waals surface area contributed by atoms with E-state index in [0.29, 0.717) is 17.3 Å². The van der Waals surface area contributed by atoms with E-state index in [2.05, 4.69) is 20.8 Å². The SMILES string of the molecule is C[C@@H]1CC(O)C[C@@]2(C)[C@H](CO)CC[C@@]12C. The third kappa shape index (κ3) is 1.38. The molecule has 0 spiro atoms. The Kier molecular flexibility index (Phi) is 2.63. The summed E-state index contributed by atoms with van der Waals surface area (Å²) in [6, 6.07) is 0. The first-order valence-corrected chi connectivity index (χ1v) is 6.23. The molecule has 2 heteroatoms. The molecule has 0 aromatic rings. The lowest BCUT2D eigenvalue weighted by atomic mass is 9.52. The summed E-state index contributed by atoms with van der Waals surface area (Å²) in [4.78, 5) is 0. The standard InChI is InChI=1S/C13H24O2/c1-9-6-11(15)7-13(3)10(8-14)4-5-12(9,13)2/h9-11,14-15H,4-8H2,1-3H3/t9-,10+,11?,12+,13+/m1/s1. The van der Waals surface area contributed by atoms with Gasteiger partial charge in [-0.1, -0.05) is 20.8 Å². The Bertz CT molecular complexity index is 253. The maximum Gasteiger partial charge on any atom is 0.0548 e. The first-order chi connectivity index (χ1) is 6.94. The van der Waals surface area contributed by atoms with Crippen LogP contribution in [0.1, 0.15) is 46.5 Å². The van der Waals surface area contributed by atoms with Gasteiger partial charge in [0, 0.05) is 6.61 Å². The molecule has 2 fully saturated rings. The minimum atomic E-state index is -0.162. The van der Waals surface area contributed by atoms with E-state index in [1.807, 2.05) is 0 Å². The van der Waals surface area contributed by atoms with E-state index in [1.54, 1.807) is 0 Å². The highest BCUT2D eigenvalue weighted by molar-refractivity contribution is 5.08. The van der Waals surface area contributed by atoms with E-state index >= 15 is 0 Å². The molecule has 0 aliphatic heterocycles. The van der Waals surface area contributed by atoms with Gasteiger partial charge < -0.3 is 10.2 Å². The Morgan fingerprint density at radius 3 is 2.53 bits per heavy atom. The van der Waals surface area contributed by atoms with Crippen molar-refractivity contribution in [3.63, 3.8) is 0 Å². The fourth-order valence-corrected chi connectivity index (χ4v) is 4.29. The smallest absolute Gasteiger partial charge is 0.0548 e. The molecule has 2 nitrogen and oxygen atoms in total. The highest BCUT2D eigenvalue weighted by Crippen LogP contribution is 2.64. The fraction of sp³-hybridized carbons (Fsp3) is 1.00. The molecule has 2 rings (SSSR count). The van der Waals surface area contributed by atoms with Gasteiger partial charge in [-0.2, -0.15) is 0 Å². The molecule has 0 saturated heterocycles. The van der Waals surface area contributed by atoms with Crippen molar-refractivity contribution in [2.75, 3.05) is 6.61 Å². The van der Waals surface area contributed by atoms with E-state index in [9.17, 15) is 10.2 Å². The maximum absolute atomic E-state index is 9.94. The summed E-state index contributed by atoms with van der Waals surface area (Å²) in [6.07, 6.45) is 3.98. The van der Waals surface area contributed by atoms with E-state index in [0.717, 1.165) is 19.3 Å². The monoisotopic (exact) mass is 212 g/mol. The molecule has 2 aliphatic rings. The van der Waals surface area contributed by atoms with Gasteiger partial charge in [0.15, 0.2) is 0 Å². The third-order valence-electron chi connectivity index (χ3n) is 5.81. The summed E-state index contributed by atoms with van der Waals surface area (Å²) in [7, 11) is 0. The van der Waals surface area contributed by atoms with Gasteiger partial charge in [0.2, 0.25) is 0 Å². The second-order valence-corrected chi connectivity index (χ2v) is 6.25. The summed E-state index contributed by atoms with van der Waals surface area (Å²) >= 11 is 0. The summed E-state index contributed by atoms with van der Waals surface area (Å²) in [5, 5.41) is 19.4. The molecule has 2 N–H and O–H groups in total. The van der Waals surface area contributed by atoms with E-state index in [-0.39, 0.29) is 18.1 Å². The molecular formula is C13H24O2. The molecule has 2 saturated carbocycles. The largest absolute Gasteiger partial charge is 0.396 e. The Morgan fingerprint density at radius 2 is 1.93 bits per heavy atom. The Balaban J connectivity index is 2.34. The van der Waals surface area contributed by atoms with Crippen molar-refractivity contribution < 1.29 is 10.2 Å². The van der Waals surface area contributed by atoms with Crippen molar-refractivity contribution in [1.82, 2.24) is 0 Å². The molecule has 0 aromatic carbocycles. The normalized spacial score (nSPS) is 55.4. The van der Waals surface area contributed by atoms with Crippen LogP contribution in [-0.2, 0) is 0 Å². The minimum Gasteiger partial charge on any atom is -0.396 e. The summed E-state index contributed by atoms with van der Waals surface area (Å²) in [5.74, 6) is 0.961. The Hall–Kier alpha value is -0.0800. The van der Waals surface area contributed by atoms with E-state index < -0.39 is 0 Å². The molecule has 1 unspecified atom stereocenters. The number of aliphatic hydroxyl groups excluding tert-OH is 2. The second kappa shape index (κ2) is 3.46. The quantitative estimate of drug-likeness (QED) is 0.699. The summed E-state index contributed by atoms with van der Waals surface area (Å²) in [6.45, 7) is 7.19. The Morgan fingerprint density at radius 1 is 1.27 bits per heavy atom. The number of fused-ring (bicyclic) bond motifs is 1. The van der Waals surface area contributed by atoms with Crippen LogP contribution in [0.15, 0.2) is 0 Å². The van der Waals surface area contributed by atoms with Crippen LogP contribution in [0.2, 0.25) is 0 Å². The van der Waals surface area contributed by atoms with Crippen molar-refractivity contribution in [3.8, 4) is 0 Å². The van der Waals surface area contributed by atoms with Crippen LogP contribution in [0, 0.1) is 22.7 Å². The molecule has 2 aliphatic carbocycles. The highest BCUT2D eigenvalue weighted by atomic mass is 16.3. The van der Waals surface area contributed by atoms with Crippen molar-refractivity contribution in [3.05, 3.63) is 0 Å². The molecule has 15 heavy (non-hydrogen) atoms. The van der Waals surface area contributed by atoms with E-state index in [1.165, 1.54) is 6.42 Å². The first-order valence-electron chi connectivity index (χ1n) is 6.23. The minimum absolute atomic E-state index is 0.138. The molecule has 5 atom stereocenters. The predicted molar refractivity (Wildman–Crippen MR) is 60.4 cm³/mol. The Labute approximate surface area is 92.7 Å². The summed E-state index contributed by atoms with van der Waals surface area (Å²) < 4.78 is 0. The fourth-order valence-electron chi connectivity index (χ4n) is 4.29. The lowest BCUT2D eigenvalue weighted by Crippen LogP contribution is -2.49. The van der Waals surface area contributed by atoms with Gasteiger partial charge in [-0.05, 0) is 48.3 Å². The zero-order valence-corrected chi connectivity index (χ0v) is 10.2. The predicted octanol–water partition coefficient (Wildman–Crippen LogP) is 2.19. The zero-order valence-electron chi connectivity index (χ0n) is 10.2. The number of rotatable bonds is 1. The molecule has 0 amide bonds. The van der Waals surface area contributed by atoms with Crippen LogP contribution in [0.3, 0.4) is 0 Å². The average Bonchev–Trinajstić information content (AvgIpc) is 2.40. The number of hydrogen-bond acceptors (Lipinski definition) is 2. The van der Waals surface area contributed by atoms with Gasteiger partial charge in [-0.25, -0.2) is 0 Å². The number of hydrogen-bond donors (Lipinski definition) is 2. The van der Waals surface area contributed by atoms with Gasteiger partial charge in [0.1, 0.15) is 0 Å². The van der Waals surface area contributed by atoms with Crippen molar-refractivity contribution >= 4 is 0 Å². The summed E-state index contributed by atoms with van der Waals surface area (Å²) in [5.41, 5.74) is 0.457. The van der Waals surface area contributed by atoms with E-state index in [4.69, 9.17) is 0 Å². The van der Waals surface area contributed by atoms with Crippen LogP contribution < -0.4 is 0 Å². The van der Waals surface area contributed by atoms with Crippen LogP contribution in [0.25, 0.3) is 0 Å². The van der Waals surface area contributed by atoms with Gasteiger partial charge >= 0.3 is 0 Å². The van der Waals surface area contributed by atoms with Gasteiger partial charge in [-0.15, -0.1) is 0 Å². The molecule has 0 aromatic heterocycles. The molecule has 88 valence electrons. The third-order valence-corrected chi connectivity index (χ3v) is 5.81. The molecule has 0 heterocycles. The highest BCUT2D eigenvalue weighted by Gasteiger charge is 2.59. The molecular weight excluding hydrogens is 188 g/mol. The van der Waals surface area contributed by atoms with Crippen LogP contribution in [0.4, 0.5) is 0 Å². The van der Waals surface area contributed by atoms with Gasteiger partial charge in [0.05, 0.1) is 6.10 Å². The maximum atomic E-state index is 9.94. The lowest BCUT2D eigenvalue weighted by molar-refractivity contribution is -0.0913. The second-order valence-electron chi connectivity index (χ2n) is 6.25. The average molecular weight is 212 g/mol. The lowest BCUT2D eigenvalue weighted by Gasteiger charge is -2.53. The van der Waals surface area contributed by atoms with Crippen molar-refractivity contribution in [2.45, 2.75) is 52.6 Å². The van der Waals surface area contributed by atoms with Crippen LogP contribution in [-0.4, -0.2) is 22.9 Å². The molecule has 0 radical (unpaired) electrons. The van der Waals surface area contributed by atoms with Gasteiger partial charge in [-0.3, -0.25) is 0 Å². The first kappa shape index (κ1) is 11.4. The van der Waals surface area contributed by atoms with Crippen molar-refractivity contribution in [1.29, 1.82) is 0 Å². The van der Waals surface area contributed by atoms with Crippen LogP contribution >= 0.6 is 0 Å². The van der Waals surface area contributed by atoms with Crippen molar-refractivity contribution in [2.24, 2.45) is 22.7 Å². The van der Waals surface area contributed by atoms with Crippen LogP contribution in [0.5, 0.6) is 0 Å². The van der Waals surface area contributed by atoms with Gasteiger partial charge in [0.25, 0.3) is 0 Å².